The van der Waals surface area contributed by atoms with Crippen molar-refractivity contribution in [3.05, 3.63) is 113 Å². The monoisotopic (exact) mass is 696 g/mol. The van der Waals surface area contributed by atoms with Gasteiger partial charge < -0.3 is 29.2 Å². The number of ether oxygens (including phenoxy) is 4. The van der Waals surface area contributed by atoms with Gasteiger partial charge in [-0.3, -0.25) is 4.79 Å². The van der Waals surface area contributed by atoms with E-state index >= 15 is 0 Å². The molecule has 4 aromatic rings. The van der Waals surface area contributed by atoms with Gasteiger partial charge in [-0.1, -0.05) is 86.4 Å². The first-order valence-corrected chi connectivity index (χ1v) is 21.3. The van der Waals surface area contributed by atoms with Crippen molar-refractivity contribution >= 4 is 30.8 Å². The third kappa shape index (κ3) is 10.9. The normalized spacial score (nSPS) is 16.6. The van der Waals surface area contributed by atoms with Crippen LogP contribution in [0.25, 0.3) is 10.8 Å². The van der Waals surface area contributed by atoms with Crippen LogP contribution in [-0.4, -0.2) is 63.2 Å². The molecular weight excluding hydrogens is 645 g/mol. The summed E-state index contributed by atoms with van der Waals surface area (Å²) in [6, 6.07) is 31.0. The van der Waals surface area contributed by atoms with Crippen molar-refractivity contribution in [2.45, 2.75) is 83.7 Å². The number of fused-ring (bicyclic) bond motifs is 1. The van der Waals surface area contributed by atoms with Gasteiger partial charge in [0.05, 0.1) is 19.3 Å². The van der Waals surface area contributed by atoms with Crippen LogP contribution >= 0.6 is 0 Å². The predicted octanol–water partition coefficient (Wildman–Crippen LogP) is 8.77. The minimum atomic E-state index is -1.19. The molecule has 2 unspecified atom stereocenters. The SMILES string of the molecule is CC(C)(C)OC(=O)N1CCC(c2ccc(CNC(=O)c3ccccc3)cc2)C(OCc2cc(OCOCC[Si](C)(C)C)c3ccccc3c2)C1. The first-order valence-electron chi connectivity index (χ1n) is 17.6. The van der Waals surface area contributed by atoms with Gasteiger partial charge in [0, 0.05) is 44.6 Å². The summed E-state index contributed by atoms with van der Waals surface area (Å²) in [6.45, 7) is 15.3. The fraction of sp³-hybridized carbons (Fsp3) is 0.415. The molecule has 2 amide bonds. The first-order chi connectivity index (χ1) is 23.8. The number of rotatable bonds is 13. The Labute approximate surface area is 298 Å². The summed E-state index contributed by atoms with van der Waals surface area (Å²) in [5, 5.41) is 5.09. The molecule has 1 fully saturated rings. The maximum atomic E-state index is 13.1. The molecule has 0 bridgehead atoms. The Hall–Kier alpha value is -4.18. The zero-order valence-electron chi connectivity index (χ0n) is 30.4. The van der Waals surface area contributed by atoms with Gasteiger partial charge in [0.2, 0.25) is 0 Å². The van der Waals surface area contributed by atoms with Crippen LogP contribution in [0.1, 0.15) is 60.2 Å². The zero-order chi connectivity index (χ0) is 35.7. The molecule has 1 N–H and O–H groups in total. The second kappa shape index (κ2) is 16.7. The maximum absolute atomic E-state index is 13.1. The van der Waals surface area contributed by atoms with E-state index in [0.717, 1.165) is 45.7 Å². The highest BCUT2D eigenvalue weighted by atomic mass is 28.3. The van der Waals surface area contributed by atoms with E-state index in [4.69, 9.17) is 18.9 Å². The first kappa shape index (κ1) is 37.1. The number of likely N-dealkylation sites (tertiary alicyclic amines) is 1. The van der Waals surface area contributed by atoms with Gasteiger partial charge in [-0.2, -0.15) is 0 Å². The predicted molar refractivity (Wildman–Crippen MR) is 201 cm³/mol. The topological polar surface area (TPSA) is 86.3 Å². The number of nitrogens with one attached hydrogen (secondary N) is 1. The number of benzene rings is 4. The minimum absolute atomic E-state index is 0.0672. The van der Waals surface area contributed by atoms with Crippen molar-refractivity contribution in [1.82, 2.24) is 10.2 Å². The van der Waals surface area contributed by atoms with Crippen LogP contribution in [0.15, 0.2) is 91.0 Å². The maximum Gasteiger partial charge on any atom is 0.410 e. The number of amides is 2. The van der Waals surface area contributed by atoms with E-state index in [1.54, 1.807) is 17.0 Å². The van der Waals surface area contributed by atoms with Crippen LogP contribution in [0.2, 0.25) is 25.7 Å². The Bertz CT molecular complexity index is 1720. The summed E-state index contributed by atoms with van der Waals surface area (Å²) in [6.07, 6.45) is 0.139. The number of piperidine rings is 1. The summed E-state index contributed by atoms with van der Waals surface area (Å²) < 4.78 is 24.5. The molecule has 0 spiro atoms. The van der Waals surface area contributed by atoms with E-state index in [1.165, 1.54) is 0 Å². The van der Waals surface area contributed by atoms with Gasteiger partial charge in [0.15, 0.2) is 6.79 Å². The summed E-state index contributed by atoms with van der Waals surface area (Å²) in [7, 11) is -1.19. The number of nitrogens with zero attached hydrogens (tertiary/aromatic N) is 1. The highest BCUT2D eigenvalue weighted by molar-refractivity contribution is 6.76. The molecular formula is C41H52N2O6Si. The molecule has 2 atom stereocenters. The fourth-order valence-electron chi connectivity index (χ4n) is 6.00. The van der Waals surface area contributed by atoms with Crippen LogP contribution in [0.3, 0.4) is 0 Å². The molecule has 0 radical (unpaired) electrons. The molecule has 0 aromatic heterocycles. The Balaban J connectivity index is 1.29. The van der Waals surface area contributed by atoms with Gasteiger partial charge >= 0.3 is 6.09 Å². The smallest absolute Gasteiger partial charge is 0.410 e. The molecule has 50 heavy (non-hydrogen) atoms. The minimum Gasteiger partial charge on any atom is -0.467 e. The molecule has 9 heteroatoms. The lowest BCUT2D eigenvalue weighted by Crippen LogP contribution is -2.48. The summed E-state index contributed by atoms with van der Waals surface area (Å²) >= 11 is 0. The van der Waals surface area contributed by atoms with Gasteiger partial charge in [0.1, 0.15) is 11.4 Å². The fourth-order valence-corrected chi connectivity index (χ4v) is 6.76. The molecule has 0 aliphatic carbocycles. The average molecular weight is 697 g/mol. The van der Waals surface area contributed by atoms with Crippen molar-refractivity contribution < 1.29 is 28.5 Å². The number of carbonyl (C=O) groups excluding carboxylic acids is 2. The number of hydrogen-bond donors (Lipinski definition) is 1. The van der Waals surface area contributed by atoms with Crippen LogP contribution in [0.5, 0.6) is 5.75 Å². The molecule has 266 valence electrons. The molecule has 0 saturated carbocycles. The molecule has 4 aromatic carbocycles. The van der Waals surface area contributed by atoms with Crippen molar-refractivity contribution in [2.24, 2.45) is 0 Å². The van der Waals surface area contributed by atoms with Crippen molar-refractivity contribution in [3.8, 4) is 5.75 Å². The largest absolute Gasteiger partial charge is 0.467 e. The lowest BCUT2D eigenvalue weighted by atomic mass is 9.86. The standard InChI is InChI=1S/C41H52N2O6Si/c1-41(2,3)49-40(45)43-21-20-36(32-18-16-30(17-19-32)26-42-39(44)33-12-8-7-9-13-33)38(27-43)47-28-31-24-34-14-10-11-15-35(34)37(25-31)48-29-46-22-23-50(4,5)6/h7-19,24-25,36,38H,20-23,26-29H2,1-6H3,(H,42,44). The van der Waals surface area contributed by atoms with Crippen LogP contribution < -0.4 is 10.1 Å². The summed E-state index contributed by atoms with van der Waals surface area (Å²) in [5.41, 5.74) is 3.18. The molecule has 1 aliphatic heterocycles. The van der Waals surface area contributed by atoms with E-state index in [-0.39, 0.29) is 30.8 Å². The third-order valence-corrected chi connectivity index (χ3v) is 10.5. The number of hydrogen-bond acceptors (Lipinski definition) is 6. The lowest BCUT2D eigenvalue weighted by Gasteiger charge is -2.39. The molecule has 1 heterocycles. The van der Waals surface area contributed by atoms with Crippen molar-refractivity contribution in [3.63, 3.8) is 0 Å². The molecule has 1 saturated heterocycles. The lowest BCUT2D eigenvalue weighted by molar-refractivity contribution is -0.0360. The molecule has 8 nitrogen and oxygen atoms in total. The molecule has 1 aliphatic rings. The van der Waals surface area contributed by atoms with Gasteiger partial charge in [0.25, 0.3) is 5.91 Å². The van der Waals surface area contributed by atoms with E-state index in [2.05, 4.69) is 67.4 Å². The summed E-state index contributed by atoms with van der Waals surface area (Å²) in [5.74, 6) is 0.729. The Morgan fingerprint density at radius 2 is 1.62 bits per heavy atom. The van der Waals surface area contributed by atoms with Crippen LogP contribution in [0.4, 0.5) is 4.79 Å². The van der Waals surface area contributed by atoms with Gasteiger partial charge in [-0.05, 0) is 79.6 Å². The number of carbonyl (C=O) groups is 2. The second-order valence-corrected chi connectivity index (χ2v) is 20.9. The molecule has 5 rings (SSSR count). The van der Waals surface area contributed by atoms with E-state index in [0.29, 0.717) is 38.4 Å². The third-order valence-electron chi connectivity index (χ3n) is 8.75. The van der Waals surface area contributed by atoms with Crippen molar-refractivity contribution in [2.75, 3.05) is 26.5 Å². The Morgan fingerprint density at radius 1 is 0.900 bits per heavy atom. The average Bonchev–Trinajstić information content (AvgIpc) is 3.08. The van der Waals surface area contributed by atoms with E-state index < -0.39 is 13.7 Å². The van der Waals surface area contributed by atoms with Crippen LogP contribution in [0, 0.1) is 0 Å². The summed E-state index contributed by atoms with van der Waals surface area (Å²) in [4.78, 5) is 27.4. The van der Waals surface area contributed by atoms with Crippen LogP contribution in [-0.2, 0) is 27.4 Å². The quantitative estimate of drug-likeness (QED) is 0.0855. The Morgan fingerprint density at radius 3 is 2.34 bits per heavy atom. The van der Waals surface area contributed by atoms with Gasteiger partial charge in [-0.15, -0.1) is 0 Å². The zero-order valence-corrected chi connectivity index (χ0v) is 31.4. The second-order valence-electron chi connectivity index (χ2n) is 15.3. The Kier molecular flexibility index (Phi) is 12.4. The highest BCUT2D eigenvalue weighted by Crippen LogP contribution is 2.34. The highest BCUT2D eigenvalue weighted by Gasteiger charge is 2.35. The van der Waals surface area contributed by atoms with Crippen molar-refractivity contribution in [1.29, 1.82) is 0 Å². The van der Waals surface area contributed by atoms with E-state index in [9.17, 15) is 9.59 Å². The van der Waals surface area contributed by atoms with Gasteiger partial charge in [-0.25, -0.2) is 4.79 Å². The van der Waals surface area contributed by atoms with E-state index in [1.807, 2.05) is 57.2 Å².